The lowest BCUT2D eigenvalue weighted by Crippen LogP contribution is -2.25. The van der Waals surface area contributed by atoms with E-state index in [1.807, 2.05) is 12.1 Å². The highest BCUT2D eigenvalue weighted by molar-refractivity contribution is 8.00. The van der Waals surface area contributed by atoms with Crippen LogP contribution < -0.4 is 5.32 Å². The topological polar surface area (TPSA) is 70.0 Å². The Labute approximate surface area is 110 Å². The number of rotatable bonds is 6. The molecule has 0 saturated carbocycles. The van der Waals surface area contributed by atoms with Crippen LogP contribution in [0.4, 0.5) is 0 Å². The van der Waals surface area contributed by atoms with Gasteiger partial charge < -0.3 is 5.32 Å². The van der Waals surface area contributed by atoms with Gasteiger partial charge in [0.1, 0.15) is 0 Å². The Bertz CT molecular complexity index is 480. The van der Waals surface area contributed by atoms with Crippen LogP contribution in [-0.2, 0) is 4.79 Å². The number of hydrogen-bond donors (Lipinski definition) is 1. The smallest absolute Gasteiger partial charge is 0.230 e. The number of nitrogens with one attached hydrogen (secondary N) is 1. The van der Waals surface area contributed by atoms with Crippen LogP contribution >= 0.6 is 11.8 Å². The highest BCUT2D eigenvalue weighted by Gasteiger charge is 2.04. The molecule has 18 heavy (non-hydrogen) atoms. The number of carbonyl (C=O) groups is 2. The molecule has 94 valence electrons. The largest absolute Gasteiger partial charge is 0.354 e. The standard InChI is InChI=1S/C13H14N2O2S/c1-10(16)11-4-2-5-12(8-11)18-9-13(17)15-7-3-6-14/h2,4-5,8H,3,7,9H2,1H3,(H,15,17). The summed E-state index contributed by atoms with van der Waals surface area (Å²) in [7, 11) is 0. The van der Waals surface area contributed by atoms with E-state index in [1.165, 1.54) is 18.7 Å². The zero-order valence-electron chi connectivity index (χ0n) is 10.1. The minimum atomic E-state index is -0.108. The van der Waals surface area contributed by atoms with Crippen molar-refractivity contribution in [3.63, 3.8) is 0 Å². The van der Waals surface area contributed by atoms with Crippen LogP contribution in [0, 0.1) is 11.3 Å². The Balaban J connectivity index is 2.44. The predicted octanol–water partition coefficient (Wildman–Crippen LogP) is 2.01. The van der Waals surface area contributed by atoms with Gasteiger partial charge in [-0.15, -0.1) is 11.8 Å². The summed E-state index contributed by atoms with van der Waals surface area (Å²) >= 11 is 1.37. The minimum absolute atomic E-state index is 0.0101. The first-order valence-electron chi connectivity index (χ1n) is 5.51. The van der Waals surface area contributed by atoms with Crippen LogP contribution in [-0.4, -0.2) is 24.0 Å². The molecular formula is C13H14N2O2S. The number of Topliss-reactive ketones (excluding diaryl/α,β-unsaturated/α-hetero) is 1. The highest BCUT2D eigenvalue weighted by atomic mass is 32.2. The third-order valence-corrected chi connectivity index (χ3v) is 3.16. The maximum atomic E-state index is 11.4. The predicted molar refractivity (Wildman–Crippen MR) is 70.4 cm³/mol. The first-order chi connectivity index (χ1) is 8.63. The van der Waals surface area contributed by atoms with E-state index < -0.39 is 0 Å². The molecule has 0 saturated heterocycles. The van der Waals surface area contributed by atoms with E-state index >= 15 is 0 Å². The van der Waals surface area contributed by atoms with Crippen molar-refractivity contribution in [3.05, 3.63) is 29.8 Å². The summed E-state index contributed by atoms with van der Waals surface area (Å²) in [5.41, 5.74) is 0.643. The van der Waals surface area contributed by atoms with E-state index in [0.29, 0.717) is 18.5 Å². The van der Waals surface area contributed by atoms with Crippen LogP contribution in [0.3, 0.4) is 0 Å². The summed E-state index contributed by atoms with van der Waals surface area (Å²) in [6.07, 6.45) is 0.316. The van der Waals surface area contributed by atoms with Crippen molar-refractivity contribution in [1.29, 1.82) is 5.26 Å². The lowest BCUT2D eigenvalue weighted by molar-refractivity contribution is -0.118. The van der Waals surface area contributed by atoms with Gasteiger partial charge in [0.15, 0.2) is 5.78 Å². The van der Waals surface area contributed by atoms with E-state index in [0.717, 1.165) is 4.90 Å². The van der Waals surface area contributed by atoms with Crippen molar-refractivity contribution in [1.82, 2.24) is 5.32 Å². The van der Waals surface area contributed by atoms with Crippen molar-refractivity contribution < 1.29 is 9.59 Å². The Morgan fingerprint density at radius 2 is 2.22 bits per heavy atom. The van der Waals surface area contributed by atoms with Crippen molar-refractivity contribution in [3.8, 4) is 6.07 Å². The third kappa shape index (κ3) is 5.02. The number of nitriles is 1. The molecule has 0 atom stereocenters. The summed E-state index contributed by atoms with van der Waals surface area (Å²) in [5, 5.41) is 11.0. The van der Waals surface area contributed by atoms with Gasteiger partial charge >= 0.3 is 0 Å². The summed E-state index contributed by atoms with van der Waals surface area (Å²) < 4.78 is 0. The number of carbonyl (C=O) groups excluding carboxylic acids is 2. The summed E-state index contributed by atoms with van der Waals surface area (Å²) in [6.45, 7) is 1.89. The number of hydrogen-bond acceptors (Lipinski definition) is 4. The molecule has 1 aromatic carbocycles. The number of nitrogens with zero attached hydrogens (tertiary/aromatic N) is 1. The molecule has 0 aromatic heterocycles. The van der Waals surface area contributed by atoms with Gasteiger partial charge in [0, 0.05) is 17.0 Å². The molecule has 0 unspecified atom stereocenters. The molecule has 0 fully saturated rings. The quantitative estimate of drug-likeness (QED) is 0.483. The second-order valence-corrected chi connectivity index (χ2v) is 4.68. The van der Waals surface area contributed by atoms with Gasteiger partial charge in [-0.2, -0.15) is 5.26 Å². The maximum absolute atomic E-state index is 11.4. The van der Waals surface area contributed by atoms with E-state index in [-0.39, 0.29) is 17.4 Å². The first kappa shape index (κ1) is 14.3. The zero-order valence-corrected chi connectivity index (χ0v) is 10.9. The second-order valence-electron chi connectivity index (χ2n) is 3.63. The van der Waals surface area contributed by atoms with E-state index in [2.05, 4.69) is 5.32 Å². The zero-order chi connectivity index (χ0) is 13.4. The van der Waals surface area contributed by atoms with E-state index in [1.54, 1.807) is 18.2 Å². The third-order valence-electron chi connectivity index (χ3n) is 2.17. The Kier molecular flexibility index (Phi) is 5.95. The Morgan fingerprint density at radius 3 is 2.89 bits per heavy atom. The second kappa shape index (κ2) is 7.51. The fourth-order valence-corrected chi connectivity index (χ4v) is 2.05. The molecule has 0 aliphatic carbocycles. The van der Waals surface area contributed by atoms with Crippen LogP contribution in [0.25, 0.3) is 0 Å². The lowest BCUT2D eigenvalue weighted by atomic mass is 10.2. The van der Waals surface area contributed by atoms with Crippen molar-refractivity contribution in [2.45, 2.75) is 18.2 Å². The van der Waals surface area contributed by atoms with E-state index in [9.17, 15) is 9.59 Å². The summed E-state index contributed by atoms with van der Waals surface area (Å²) in [5.74, 6) is 0.187. The molecule has 1 aromatic rings. The number of amides is 1. The van der Waals surface area contributed by atoms with Gasteiger partial charge in [-0.05, 0) is 19.1 Å². The molecule has 0 radical (unpaired) electrons. The average molecular weight is 262 g/mol. The molecule has 4 nitrogen and oxygen atoms in total. The molecule has 0 heterocycles. The Morgan fingerprint density at radius 1 is 1.44 bits per heavy atom. The molecule has 1 amide bonds. The number of ketones is 1. The molecule has 0 bridgehead atoms. The summed E-state index contributed by atoms with van der Waals surface area (Å²) in [4.78, 5) is 23.5. The van der Waals surface area contributed by atoms with Gasteiger partial charge in [-0.3, -0.25) is 9.59 Å². The normalized spacial score (nSPS) is 9.56. The van der Waals surface area contributed by atoms with Gasteiger partial charge in [0.2, 0.25) is 5.91 Å². The number of thioether (sulfide) groups is 1. The molecule has 5 heteroatoms. The van der Waals surface area contributed by atoms with Crippen molar-refractivity contribution in [2.24, 2.45) is 0 Å². The first-order valence-corrected chi connectivity index (χ1v) is 6.49. The van der Waals surface area contributed by atoms with Crippen LogP contribution in [0.2, 0.25) is 0 Å². The minimum Gasteiger partial charge on any atom is -0.354 e. The Hall–Kier alpha value is -1.80. The van der Waals surface area contributed by atoms with Gasteiger partial charge in [-0.25, -0.2) is 0 Å². The van der Waals surface area contributed by atoms with Crippen molar-refractivity contribution >= 4 is 23.5 Å². The van der Waals surface area contributed by atoms with Crippen molar-refractivity contribution in [2.75, 3.05) is 12.3 Å². The summed E-state index contributed by atoms with van der Waals surface area (Å²) in [6, 6.07) is 9.14. The molecule has 0 aliphatic rings. The molecule has 0 spiro atoms. The molecule has 1 rings (SSSR count). The molecule has 0 aliphatic heterocycles. The molecule has 1 N–H and O–H groups in total. The number of benzene rings is 1. The van der Waals surface area contributed by atoms with Crippen LogP contribution in [0.5, 0.6) is 0 Å². The van der Waals surface area contributed by atoms with Crippen LogP contribution in [0.1, 0.15) is 23.7 Å². The molecular weight excluding hydrogens is 248 g/mol. The highest BCUT2D eigenvalue weighted by Crippen LogP contribution is 2.19. The van der Waals surface area contributed by atoms with Gasteiger partial charge in [0.25, 0.3) is 0 Å². The lowest BCUT2D eigenvalue weighted by Gasteiger charge is -2.04. The SMILES string of the molecule is CC(=O)c1cccc(SCC(=O)NCCC#N)c1. The fourth-order valence-electron chi connectivity index (χ4n) is 1.26. The van der Waals surface area contributed by atoms with Gasteiger partial charge in [-0.1, -0.05) is 12.1 Å². The fraction of sp³-hybridized carbons (Fsp3) is 0.308. The van der Waals surface area contributed by atoms with Gasteiger partial charge in [0.05, 0.1) is 18.2 Å². The monoisotopic (exact) mass is 262 g/mol. The maximum Gasteiger partial charge on any atom is 0.230 e. The average Bonchev–Trinajstić information content (AvgIpc) is 2.37. The van der Waals surface area contributed by atoms with Crippen LogP contribution in [0.15, 0.2) is 29.2 Å². The van der Waals surface area contributed by atoms with E-state index in [4.69, 9.17) is 5.26 Å².